The summed E-state index contributed by atoms with van der Waals surface area (Å²) in [5, 5.41) is 0. The molecule has 7 heteroatoms. The number of likely N-dealkylation sites (tertiary alicyclic amines) is 1. The Balaban J connectivity index is 1.09. The van der Waals surface area contributed by atoms with Crippen LogP contribution < -0.4 is 0 Å². The first kappa shape index (κ1) is 29.5. The van der Waals surface area contributed by atoms with E-state index in [9.17, 15) is 9.59 Å². The number of hydrogen-bond acceptors (Lipinski definition) is 5. The minimum Gasteiger partial charge on any atom is -0.341 e. The number of nitrogens with zero attached hydrogens (tertiary/aromatic N) is 5. The van der Waals surface area contributed by atoms with Crippen LogP contribution in [0.25, 0.3) is 11.0 Å². The van der Waals surface area contributed by atoms with Gasteiger partial charge < -0.3 is 14.4 Å². The van der Waals surface area contributed by atoms with Crippen molar-refractivity contribution in [3.63, 3.8) is 0 Å². The van der Waals surface area contributed by atoms with E-state index in [-0.39, 0.29) is 23.5 Å². The van der Waals surface area contributed by atoms with Gasteiger partial charge in [0.15, 0.2) is 5.82 Å². The zero-order valence-corrected chi connectivity index (χ0v) is 25.3. The summed E-state index contributed by atoms with van der Waals surface area (Å²) in [7, 11) is 1.89. The van der Waals surface area contributed by atoms with E-state index < -0.39 is 0 Å². The van der Waals surface area contributed by atoms with Gasteiger partial charge in [-0.25, -0.2) is 4.98 Å². The number of Topliss-reactive ketones (excluding diaryl/α,β-unsaturated/α-hetero) is 1. The molecule has 2 aromatic heterocycles. The number of carbonyl (C=O) groups excluding carboxylic acids is 2. The first-order valence-electron chi connectivity index (χ1n) is 15.5. The van der Waals surface area contributed by atoms with E-state index in [0.717, 1.165) is 55.6 Å². The quantitative estimate of drug-likeness (QED) is 0.170. The van der Waals surface area contributed by atoms with Crippen molar-refractivity contribution in [3.05, 3.63) is 132 Å². The fourth-order valence-corrected chi connectivity index (χ4v) is 6.32. The first-order valence-corrected chi connectivity index (χ1v) is 15.5. The minimum absolute atomic E-state index is 0.0416. The van der Waals surface area contributed by atoms with E-state index in [4.69, 9.17) is 4.98 Å². The third kappa shape index (κ3) is 6.79. The summed E-state index contributed by atoms with van der Waals surface area (Å²) in [5.41, 5.74) is 4.66. The summed E-state index contributed by atoms with van der Waals surface area (Å²) in [5.74, 6) is 0.871. The summed E-state index contributed by atoms with van der Waals surface area (Å²) in [6.45, 7) is 3.84. The third-order valence-corrected chi connectivity index (χ3v) is 8.81. The predicted molar refractivity (Wildman–Crippen MR) is 174 cm³/mol. The zero-order valence-electron chi connectivity index (χ0n) is 25.3. The van der Waals surface area contributed by atoms with Crippen molar-refractivity contribution in [2.24, 2.45) is 5.92 Å². The van der Waals surface area contributed by atoms with Crippen LogP contribution >= 0.6 is 0 Å². The van der Waals surface area contributed by atoms with Crippen LogP contribution in [0.3, 0.4) is 0 Å². The second-order valence-corrected chi connectivity index (χ2v) is 11.8. The highest BCUT2D eigenvalue weighted by atomic mass is 16.2. The largest absolute Gasteiger partial charge is 0.341 e. The van der Waals surface area contributed by atoms with Gasteiger partial charge in [-0.15, -0.1) is 0 Å². The Morgan fingerprint density at radius 1 is 0.864 bits per heavy atom. The lowest BCUT2D eigenvalue weighted by molar-refractivity contribution is 0.0779. The number of pyridine rings is 1. The molecule has 44 heavy (non-hydrogen) atoms. The highest BCUT2D eigenvalue weighted by Gasteiger charge is 2.30. The number of ketones is 1. The summed E-state index contributed by atoms with van der Waals surface area (Å²) in [6, 6.07) is 33.8. The topological polar surface area (TPSA) is 71.3 Å². The summed E-state index contributed by atoms with van der Waals surface area (Å²) >= 11 is 0. The van der Waals surface area contributed by atoms with E-state index in [1.54, 1.807) is 6.20 Å². The standard InChI is InChI=1S/C37H39N5O2/c1-40(37(44)30-14-6-3-7-15-30)26-31(28-12-4-2-5-13-28)21-25-41-23-19-29(20-24-41)35(43)36-39-33-17-8-9-18-34(33)42(36)27-32-16-10-11-22-38-32/h2-18,22,29,31H,19-21,23-27H2,1H3. The van der Waals surface area contributed by atoms with Gasteiger partial charge in [-0.1, -0.05) is 66.7 Å². The van der Waals surface area contributed by atoms with Crippen molar-refractivity contribution in [3.8, 4) is 0 Å². The monoisotopic (exact) mass is 585 g/mol. The molecule has 3 aromatic carbocycles. The summed E-state index contributed by atoms with van der Waals surface area (Å²) in [6.07, 6.45) is 4.35. The van der Waals surface area contributed by atoms with Crippen molar-refractivity contribution < 1.29 is 9.59 Å². The molecule has 1 amide bonds. The molecule has 6 rings (SSSR count). The van der Waals surface area contributed by atoms with Crippen LogP contribution in [0.1, 0.15) is 57.4 Å². The van der Waals surface area contributed by atoms with Crippen LogP contribution in [0.5, 0.6) is 0 Å². The molecule has 0 aliphatic carbocycles. The predicted octanol–water partition coefficient (Wildman–Crippen LogP) is 6.32. The molecule has 1 aliphatic rings. The lowest BCUT2D eigenvalue weighted by Crippen LogP contribution is -2.38. The number of piperidine rings is 1. The molecular weight excluding hydrogens is 546 g/mol. The van der Waals surface area contributed by atoms with Crippen LogP contribution in [0.4, 0.5) is 0 Å². The van der Waals surface area contributed by atoms with Gasteiger partial charge in [0.05, 0.1) is 23.3 Å². The Hall–Kier alpha value is -4.62. The third-order valence-electron chi connectivity index (χ3n) is 8.81. The van der Waals surface area contributed by atoms with Crippen LogP contribution in [-0.2, 0) is 6.54 Å². The second-order valence-electron chi connectivity index (χ2n) is 11.8. The number of likely N-dealkylation sites (N-methyl/N-ethyl adjacent to an activating group) is 1. The number of rotatable bonds is 11. The van der Waals surface area contributed by atoms with Crippen LogP contribution in [0.2, 0.25) is 0 Å². The van der Waals surface area contributed by atoms with Crippen molar-refractivity contribution in [1.82, 2.24) is 24.3 Å². The molecule has 0 spiro atoms. The molecule has 0 bridgehead atoms. The van der Waals surface area contributed by atoms with Gasteiger partial charge in [0, 0.05) is 37.2 Å². The van der Waals surface area contributed by atoms with Gasteiger partial charge in [0.1, 0.15) is 0 Å². The highest BCUT2D eigenvalue weighted by Crippen LogP contribution is 2.27. The van der Waals surface area contributed by atoms with E-state index in [2.05, 4.69) is 34.1 Å². The van der Waals surface area contributed by atoms with Crippen LogP contribution in [0.15, 0.2) is 109 Å². The lowest BCUT2D eigenvalue weighted by atomic mass is 9.90. The molecule has 0 N–H and O–H groups in total. The molecule has 0 radical (unpaired) electrons. The van der Waals surface area contributed by atoms with Gasteiger partial charge in [0.2, 0.25) is 5.78 Å². The number of fused-ring (bicyclic) bond motifs is 1. The number of carbonyl (C=O) groups is 2. The zero-order chi connectivity index (χ0) is 30.3. The van der Waals surface area contributed by atoms with Crippen molar-refractivity contribution >= 4 is 22.7 Å². The first-order chi connectivity index (χ1) is 21.6. The Morgan fingerprint density at radius 2 is 1.55 bits per heavy atom. The maximum absolute atomic E-state index is 13.9. The molecule has 0 saturated carbocycles. The molecule has 1 aliphatic heterocycles. The maximum atomic E-state index is 13.9. The summed E-state index contributed by atoms with van der Waals surface area (Å²) in [4.78, 5) is 40.6. The fraction of sp³-hybridized carbons (Fsp3) is 0.297. The average molecular weight is 586 g/mol. The smallest absolute Gasteiger partial charge is 0.253 e. The van der Waals surface area contributed by atoms with E-state index >= 15 is 0 Å². The van der Waals surface area contributed by atoms with Crippen LogP contribution in [-0.4, -0.2) is 69.3 Å². The molecule has 1 fully saturated rings. The molecule has 7 nitrogen and oxygen atoms in total. The van der Waals surface area contributed by atoms with Gasteiger partial charge in [-0.3, -0.25) is 14.6 Å². The number of para-hydroxylation sites is 2. The van der Waals surface area contributed by atoms with Crippen molar-refractivity contribution in [1.29, 1.82) is 0 Å². The van der Waals surface area contributed by atoms with Crippen molar-refractivity contribution in [2.75, 3.05) is 33.2 Å². The Bertz CT molecular complexity index is 1680. The molecule has 1 saturated heterocycles. The number of hydrogen-bond donors (Lipinski definition) is 0. The fourth-order valence-electron chi connectivity index (χ4n) is 6.32. The number of benzene rings is 3. The Kier molecular flexibility index (Phi) is 9.22. The number of amides is 1. The van der Waals surface area contributed by atoms with E-state index in [0.29, 0.717) is 24.5 Å². The highest BCUT2D eigenvalue weighted by molar-refractivity contribution is 5.98. The summed E-state index contributed by atoms with van der Waals surface area (Å²) < 4.78 is 2.03. The van der Waals surface area contributed by atoms with E-state index in [1.165, 1.54) is 5.56 Å². The molecular formula is C37H39N5O2. The lowest BCUT2D eigenvalue weighted by Gasteiger charge is -2.33. The van der Waals surface area contributed by atoms with Crippen LogP contribution in [0, 0.1) is 5.92 Å². The second kappa shape index (κ2) is 13.8. The van der Waals surface area contributed by atoms with E-state index in [1.807, 2.05) is 95.4 Å². The number of imidazole rings is 1. The minimum atomic E-state index is -0.0508. The molecule has 3 heterocycles. The molecule has 224 valence electrons. The van der Waals surface area contributed by atoms with Gasteiger partial charge in [-0.2, -0.15) is 0 Å². The molecule has 5 aromatic rings. The average Bonchev–Trinajstić information content (AvgIpc) is 3.45. The number of aromatic nitrogens is 3. The van der Waals surface area contributed by atoms with Gasteiger partial charge in [0.25, 0.3) is 5.91 Å². The molecule has 1 unspecified atom stereocenters. The van der Waals surface area contributed by atoms with Gasteiger partial charge in [-0.05, 0) is 80.9 Å². The normalized spacial score (nSPS) is 14.8. The van der Waals surface area contributed by atoms with Crippen molar-refractivity contribution in [2.45, 2.75) is 31.7 Å². The van der Waals surface area contributed by atoms with Gasteiger partial charge >= 0.3 is 0 Å². The molecule has 1 atom stereocenters. The SMILES string of the molecule is CN(CC(CCN1CCC(C(=O)c2nc3ccccc3n2Cc2ccccn2)CC1)c1ccccc1)C(=O)c1ccccc1. The maximum Gasteiger partial charge on any atom is 0.253 e. The Labute approximate surface area is 259 Å². The Morgan fingerprint density at radius 3 is 2.27 bits per heavy atom.